The third-order valence-electron chi connectivity index (χ3n) is 2.18. The summed E-state index contributed by atoms with van der Waals surface area (Å²) in [5, 5.41) is 0. The standard InChI is InChI=1S/C9H14N2O2/c1-6(10)9-11-5-8(13-9)7-3-2-4-12-7/h5-7H,2-4,10H2,1H3. The molecule has 4 heteroatoms. The average Bonchev–Trinajstić information content (AvgIpc) is 2.75. The second-order valence-corrected chi connectivity index (χ2v) is 3.39. The third kappa shape index (κ3) is 1.73. The van der Waals surface area contributed by atoms with Crippen molar-refractivity contribution in [3.05, 3.63) is 17.8 Å². The van der Waals surface area contributed by atoms with Gasteiger partial charge in [0, 0.05) is 6.61 Å². The molecule has 1 saturated heterocycles. The van der Waals surface area contributed by atoms with Crippen molar-refractivity contribution in [2.45, 2.75) is 31.9 Å². The van der Waals surface area contributed by atoms with Gasteiger partial charge >= 0.3 is 0 Å². The van der Waals surface area contributed by atoms with E-state index in [2.05, 4.69) is 4.98 Å². The molecule has 0 radical (unpaired) electrons. The Morgan fingerprint density at radius 1 is 1.69 bits per heavy atom. The van der Waals surface area contributed by atoms with Crippen LogP contribution >= 0.6 is 0 Å². The normalized spacial score (nSPS) is 24.9. The van der Waals surface area contributed by atoms with Crippen molar-refractivity contribution in [2.24, 2.45) is 5.73 Å². The zero-order valence-electron chi connectivity index (χ0n) is 7.69. The van der Waals surface area contributed by atoms with E-state index in [-0.39, 0.29) is 12.1 Å². The first kappa shape index (κ1) is 8.72. The third-order valence-corrected chi connectivity index (χ3v) is 2.18. The predicted octanol–water partition coefficient (Wildman–Crippen LogP) is 1.55. The Labute approximate surface area is 77.1 Å². The lowest BCUT2D eigenvalue weighted by atomic mass is 10.2. The number of aromatic nitrogens is 1. The Morgan fingerprint density at radius 2 is 2.54 bits per heavy atom. The molecule has 2 heterocycles. The van der Waals surface area contributed by atoms with Crippen molar-refractivity contribution in [2.75, 3.05) is 6.61 Å². The van der Waals surface area contributed by atoms with Gasteiger partial charge in [0.15, 0.2) is 5.76 Å². The van der Waals surface area contributed by atoms with Crippen LogP contribution in [0.4, 0.5) is 0 Å². The van der Waals surface area contributed by atoms with Gasteiger partial charge in [0.2, 0.25) is 5.89 Å². The quantitative estimate of drug-likeness (QED) is 0.753. The van der Waals surface area contributed by atoms with Crippen LogP contribution in [-0.2, 0) is 4.74 Å². The van der Waals surface area contributed by atoms with Gasteiger partial charge in [0.05, 0.1) is 12.2 Å². The zero-order chi connectivity index (χ0) is 9.26. The molecule has 4 nitrogen and oxygen atoms in total. The molecule has 2 rings (SSSR count). The van der Waals surface area contributed by atoms with Gasteiger partial charge in [-0.05, 0) is 19.8 Å². The first-order valence-electron chi connectivity index (χ1n) is 4.60. The largest absolute Gasteiger partial charge is 0.441 e. The molecule has 1 aliphatic rings. The molecule has 2 N–H and O–H groups in total. The van der Waals surface area contributed by atoms with Gasteiger partial charge in [-0.25, -0.2) is 4.98 Å². The number of nitrogens with two attached hydrogens (primary N) is 1. The fraction of sp³-hybridized carbons (Fsp3) is 0.667. The minimum atomic E-state index is -0.143. The minimum absolute atomic E-state index is 0.0972. The Bertz CT molecular complexity index is 277. The Balaban J connectivity index is 2.12. The molecule has 1 fully saturated rings. The molecule has 0 aromatic carbocycles. The summed E-state index contributed by atoms with van der Waals surface area (Å²) >= 11 is 0. The molecule has 13 heavy (non-hydrogen) atoms. The van der Waals surface area contributed by atoms with Gasteiger partial charge in [-0.15, -0.1) is 0 Å². The van der Waals surface area contributed by atoms with E-state index >= 15 is 0 Å². The van der Waals surface area contributed by atoms with Crippen LogP contribution in [0.1, 0.15) is 43.6 Å². The second-order valence-electron chi connectivity index (χ2n) is 3.39. The van der Waals surface area contributed by atoms with Gasteiger partial charge < -0.3 is 14.9 Å². The van der Waals surface area contributed by atoms with E-state index in [0.717, 1.165) is 25.2 Å². The van der Waals surface area contributed by atoms with Crippen LogP contribution in [0.2, 0.25) is 0 Å². The Morgan fingerprint density at radius 3 is 3.08 bits per heavy atom. The van der Waals surface area contributed by atoms with Gasteiger partial charge in [-0.2, -0.15) is 0 Å². The number of ether oxygens (including phenoxy) is 1. The van der Waals surface area contributed by atoms with E-state index in [9.17, 15) is 0 Å². The summed E-state index contributed by atoms with van der Waals surface area (Å²) < 4.78 is 10.9. The summed E-state index contributed by atoms with van der Waals surface area (Å²) in [5.41, 5.74) is 5.63. The molecule has 1 aromatic rings. The summed E-state index contributed by atoms with van der Waals surface area (Å²) in [5.74, 6) is 1.40. The van der Waals surface area contributed by atoms with Gasteiger partial charge in [0.25, 0.3) is 0 Å². The predicted molar refractivity (Wildman–Crippen MR) is 47.0 cm³/mol. The van der Waals surface area contributed by atoms with Gasteiger partial charge in [-0.3, -0.25) is 0 Å². The van der Waals surface area contributed by atoms with Crippen LogP contribution in [-0.4, -0.2) is 11.6 Å². The van der Waals surface area contributed by atoms with E-state index in [1.807, 2.05) is 6.92 Å². The number of hydrogen-bond donors (Lipinski definition) is 1. The highest BCUT2D eigenvalue weighted by Gasteiger charge is 2.22. The summed E-state index contributed by atoms with van der Waals surface area (Å²) in [6.45, 7) is 2.67. The highest BCUT2D eigenvalue weighted by molar-refractivity contribution is 5.01. The molecule has 0 aliphatic carbocycles. The maximum Gasteiger partial charge on any atom is 0.211 e. The molecule has 0 saturated carbocycles. The van der Waals surface area contributed by atoms with Crippen molar-refractivity contribution in [1.29, 1.82) is 0 Å². The summed E-state index contributed by atoms with van der Waals surface area (Å²) in [6.07, 6.45) is 3.93. The van der Waals surface area contributed by atoms with Crippen LogP contribution in [0.5, 0.6) is 0 Å². The molecule has 1 aromatic heterocycles. The highest BCUT2D eigenvalue weighted by Crippen LogP contribution is 2.29. The molecular weight excluding hydrogens is 168 g/mol. The molecular formula is C9H14N2O2. The lowest BCUT2D eigenvalue weighted by Crippen LogP contribution is -2.04. The zero-order valence-corrected chi connectivity index (χ0v) is 7.69. The monoisotopic (exact) mass is 182 g/mol. The lowest BCUT2D eigenvalue weighted by molar-refractivity contribution is 0.0921. The smallest absolute Gasteiger partial charge is 0.211 e. The molecule has 0 bridgehead atoms. The van der Waals surface area contributed by atoms with Crippen molar-refractivity contribution < 1.29 is 9.15 Å². The van der Waals surface area contributed by atoms with E-state index in [1.54, 1.807) is 6.20 Å². The van der Waals surface area contributed by atoms with Crippen molar-refractivity contribution in [3.8, 4) is 0 Å². The van der Waals surface area contributed by atoms with Gasteiger partial charge in [0.1, 0.15) is 6.10 Å². The molecule has 0 amide bonds. The molecule has 2 atom stereocenters. The van der Waals surface area contributed by atoms with Crippen molar-refractivity contribution >= 4 is 0 Å². The lowest BCUT2D eigenvalue weighted by Gasteiger charge is -2.04. The number of nitrogens with zero attached hydrogens (tertiary/aromatic N) is 1. The molecule has 0 spiro atoms. The molecule has 72 valence electrons. The fourth-order valence-corrected chi connectivity index (χ4v) is 1.46. The van der Waals surface area contributed by atoms with Gasteiger partial charge in [-0.1, -0.05) is 0 Å². The Hall–Kier alpha value is -0.870. The fourth-order valence-electron chi connectivity index (χ4n) is 1.46. The van der Waals surface area contributed by atoms with Crippen molar-refractivity contribution in [3.63, 3.8) is 0 Å². The van der Waals surface area contributed by atoms with Crippen LogP contribution in [0.15, 0.2) is 10.6 Å². The van der Waals surface area contributed by atoms with Crippen LogP contribution < -0.4 is 5.73 Å². The summed E-state index contributed by atoms with van der Waals surface area (Å²) in [7, 11) is 0. The maximum atomic E-state index is 5.63. The number of oxazole rings is 1. The van der Waals surface area contributed by atoms with E-state index in [0.29, 0.717) is 5.89 Å². The highest BCUT2D eigenvalue weighted by atomic mass is 16.5. The average molecular weight is 182 g/mol. The maximum absolute atomic E-state index is 5.63. The molecule has 2 unspecified atom stereocenters. The van der Waals surface area contributed by atoms with E-state index in [4.69, 9.17) is 14.9 Å². The first-order chi connectivity index (χ1) is 6.27. The number of rotatable bonds is 2. The topological polar surface area (TPSA) is 61.3 Å². The SMILES string of the molecule is CC(N)c1ncc(C2CCCO2)o1. The van der Waals surface area contributed by atoms with E-state index in [1.165, 1.54) is 0 Å². The van der Waals surface area contributed by atoms with E-state index < -0.39 is 0 Å². The van der Waals surface area contributed by atoms with Crippen LogP contribution in [0.3, 0.4) is 0 Å². The molecule has 1 aliphatic heterocycles. The first-order valence-corrected chi connectivity index (χ1v) is 4.60. The minimum Gasteiger partial charge on any atom is -0.441 e. The second kappa shape index (κ2) is 3.47. The Kier molecular flexibility index (Phi) is 2.33. The summed E-state index contributed by atoms with van der Waals surface area (Å²) in [6, 6.07) is -0.143. The van der Waals surface area contributed by atoms with Crippen molar-refractivity contribution in [1.82, 2.24) is 4.98 Å². The summed E-state index contributed by atoms with van der Waals surface area (Å²) in [4.78, 5) is 4.09. The number of hydrogen-bond acceptors (Lipinski definition) is 4. The van der Waals surface area contributed by atoms with Crippen LogP contribution in [0.25, 0.3) is 0 Å². The van der Waals surface area contributed by atoms with Crippen LogP contribution in [0, 0.1) is 0 Å².